The molecule has 116 valence electrons. The molecule has 2 fully saturated rings. The molecule has 2 aliphatic rings. The number of aromatic nitrogens is 1. The number of amides is 1. The van der Waals surface area contributed by atoms with Gasteiger partial charge in [-0.25, -0.2) is 0 Å². The van der Waals surface area contributed by atoms with Gasteiger partial charge in [0.05, 0.1) is 0 Å². The Morgan fingerprint density at radius 3 is 2.36 bits per heavy atom. The molecule has 3 heterocycles. The summed E-state index contributed by atoms with van der Waals surface area (Å²) >= 11 is 0. The van der Waals surface area contributed by atoms with Crippen LogP contribution in [-0.2, 0) is 0 Å². The third-order valence-corrected chi connectivity index (χ3v) is 4.68. The maximum Gasteiger partial charge on any atom is 0.270 e. The van der Waals surface area contributed by atoms with Crippen LogP contribution in [0.2, 0.25) is 0 Å². The summed E-state index contributed by atoms with van der Waals surface area (Å²) in [6.07, 6.45) is 0. The van der Waals surface area contributed by atoms with E-state index in [4.69, 9.17) is 0 Å². The normalized spacial score (nSPS) is 23.2. The Hall–Kier alpha value is -1.78. The van der Waals surface area contributed by atoms with Gasteiger partial charge in [-0.1, -0.05) is 30.3 Å². The van der Waals surface area contributed by atoms with Crippen LogP contribution in [-0.4, -0.2) is 42.0 Å². The molecule has 0 spiro atoms. The number of carbonyl (C=O) groups excluding carboxylic acids is 1. The number of hydrogen-bond donors (Lipinski definition) is 2. The van der Waals surface area contributed by atoms with Crippen molar-refractivity contribution in [2.75, 3.05) is 26.2 Å². The number of fused-ring (bicyclic) bond motifs is 1. The fourth-order valence-electron chi connectivity index (χ4n) is 3.50. The molecule has 2 atom stereocenters. The summed E-state index contributed by atoms with van der Waals surface area (Å²) < 4.78 is 0. The molecule has 4 nitrogen and oxygen atoms in total. The third kappa shape index (κ3) is 2.64. The summed E-state index contributed by atoms with van der Waals surface area (Å²) in [5.41, 5.74) is 2.81. The minimum atomic E-state index is 0. The Balaban J connectivity index is 0.00000144. The largest absolute Gasteiger partial charge is 0.351 e. The van der Waals surface area contributed by atoms with E-state index in [2.05, 4.69) is 10.3 Å². The highest BCUT2D eigenvalue weighted by atomic mass is 35.5. The summed E-state index contributed by atoms with van der Waals surface area (Å²) in [6, 6.07) is 14.0. The molecule has 0 aliphatic carbocycles. The maximum atomic E-state index is 12.6. The Kier molecular flexibility index (Phi) is 4.23. The van der Waals surface area contributed by atoms with Gasteiger partial charge in [0.25, 0.3) is 5.91 Å². The smallest absolute Gasteiger partial charge is 0.270 e. The molecule has 2 aliphatic heterocycles. The standard InChI is InChI=1S/C17H19N3O.ClH/c21-17(20-10-13-8-18-9-14(13)11-20)16-7-6-15(19-16)12-4-2-1-3-5-12;/h1-7,13-14,18-19H,8-11H2;1H/t13-,14+;. The number of carbonyl (C=O) groups is 1. The molecule has 0 unspecified atom stereocenters. The van der Waals surface area contributed by atoms with E-state index in [1.807, 2.05) is 47.4 Å². The topological polar surface area (TPSA) is 48.1 Å². The van der Waals surface area contributed by atoms with Crippen LogP contribution >= 0.6 is 12.4 Å². The number of nitrogens with one attached hydrogen (secondary N) is 2. The summed E-state index contributed by atoms with van der Waals surface area (Å²) in [5, 5.41) is 3.40. The highest BCUT2D eigenvalue weighted by Crippen LogP contribution is 2.28. The highest BCUT2D eigenvalue weighted by Gasteiger charge is 2.38. The fourth-order valence-corrected chi connectivity index (χ4v) is 3.50. The Morgan fingerprint density at radius 2 is 1.68 bits per heavy atom. The van der Waals surface area contributed by atoms with Crippen LogP contribution in [0.5, 0.6) is 0 Å². The van der Waals surface area contributed by atoms with Crippen molar-refractivity contribution < 1.29 is 4.79 Å². The van der Waals surface area contributed by atoms with Crippen molar-refractivity contribution in [3.8, 4) is 11.3 Å². The minimum absolute atomic E-state index is 0. The summed E-state index contributed by atoms with van der Waals surface area (Å²) in [6.45, 7) is 3.87. The van der Waals surface area contributed by atoms with E-state index in [1.54, 1.807) is 0 Å². The number of halogens is 1. The zero-order valence-corrected chi connectivity index (χ0v) is 13.1. The van der Waals surface area contributed by atoms with Gasteiger partial charge < -0.3 is 15.2 Å². The van der Waals surface area contributed by atoms with Crippen LogP contribution in [0.3, 0.4) is 0 Å². The highest BCUT2D eigenvalue weighted by molar-refractivity contribution is 5.93. The van der Waals surface area contributed by atoms with Crippen molar-refractivity contribution in [2.45, 2.75) is 0 Å². The number of nitrogens with zero attached hydrogens (tertiary/aromatic N) is 1. The first-order valence-corrected chi connectivity index (χ1v) is 7.55. The first kappa shape index (κ1) is 15.1. The molecule has 1 aromatic carbocycles. The van der Waals surface area contributed by atoms with Gasteiger partial charge in [0, 0.05) is 31.9 Å². The van der Waals surface area contributed by atoms with Gasteiger partial charge in [-0.15, -0.1) is 12.4 Å². The van der Waals surface area contributed by atoms with E-state index < -0.39 is 0 Å². The molecule has 2 aromatic rings. The molecular formula is C17H20ClN3O. The lowest BCUT2D eigenvalue weighted by Gasteiger charge is -2.16. The summed E-state index contributed by atoms with van der Waals surface area (Å²) in [4.78, 5) is 17.9. The van der Waals surface area contributed by atoms with Crippen molar-refractivity contribution in [2.24, 2.45) is 11.8 Å². The van der Waals surface area contributed by atoms with Crippen molar-refractivity contribution in [1.29, 1.82) is 0 Å². The van der Waals surface area contributed by atoms with Crippen LogP contribution in [0.1, 0.15) is 10.5 Å². The molecule has 0 bridgehead atoms. The predicted molar refractivity (Wildman–Crippen MR) is 89.2 cm³/mol. The van der Waals surface area contributed by atoms with Crippen LogP contribution in [0.4, 0.5) is 0 Å². The number of likely N-dealkylation sites (tertiary alicyclic amines) is 1. The number of H-pyrrole nitrogens is 1. The van der Waals surface area contributed by atoms with Crippen molar-refractivity contribution in [3.05, 3.63) is 48.2 Å². The second-order valence-electron chi connectivity index (χ2n) is 6.04. The van der Waals surface area contributed by atoms with Crippen LogP contribution in [0.15, 0.2) is 42.5 Å². The molecule has 0 saturated carbocycles. The van der Waals surface area contributed by atoms with Gasteiger partial charge in [0.1, 0.15) is 5.69 Å². The summed E-state index contributed by atoms with van der Waals surface area (Å²) in [7, 11) is 0. The monoisotopic (exact) mass is 317 g/mol. The number of rotatable bonds is 2. The van der Waals surface area contributed by atoms with E-state index in [0.29, 0.717) is 17.5 Å². The molecular weight excluding hydrogens is 298 g/mol. The van der Waals surface area contributed by atoms with E-state index >= 15 is 0 Å². The zero-order valence-electron chi connectivity index (χ0n) is 12.3. The van der Waals surface area contributed by atoms with Gasteiger partial charge in [-0.2, -0.15) is 0 Å². The quantitative estimate of drug-likeness (QED) is 0.893. The maximum absolute atomic E-state index is 12.6. The van der Waals surface area contributed by atoms with E-state index in [-0.39, 0.29) is 18.3 Å². The molecule has 0 radical (unpaired) electrons. The van der Waals surface area contributed by atoms with Crippen LogP contribution in [0, 0.1) is 11.8 Å². The zero-order chi connectivity index (χ0) is 14.2. The molecule has 5 heteroatoms. The van der Waals surface area contributed by atoms with Gasteiger partial charge in [-0.3, -0.25) is 4.79 Å². The average molecular weight is 318 g/mol. The second-order valence-corrected chi connectivity index (χ2v) is 6.04. The molecule has 2 saturated heterocycles. The number of benzene rings is 1. The van der Waals surface area contributed by atoms with Crippen molar-refractivity contribution >= 4 is 18.3 Å². The van der Waals surface area contributed by atoms with Crippen molar-refractivity contribution in [3.63, 3.8) is 0 Å². The molecule has 4 rings (SSSR count). The first-order valence-electron chi connectivity index (χ1n) is 7.55. The van der Waals surface area contributed by atoms with E-state index in [9.17, 15) is 4.79 Å². The van der Waals surface area contributed by atoms with Crippen molar-refractivity contribution in [1.82, 2.24) is 15.2 Å². The minimum Gasteiger partial charge on any atom is -0.351 e. The Bertz CT molecular complexity index is 643. The van der Waals surface area contributed by atoms with Gasteiger partial charge >= 0.3 is 0 Å². The van der Waals surface area contributed by atoms with Gasteiger partial charge in [0.2, 0.25) is 0 Å². The molecule has 1 aromatic heterocycles. The fraction of sp³-hybridized carbons (Fsp3) is 0.353. The van der Waals surface area contributed by atoms with Crippen LogP contribution < -0.4 is 5.32 Å². The van der Waals surface area contributed by atoms with E-state index in [0.717, 1.165) is 37.4 Å². The molecule has 2 N–H and O–H groups in total. The SMILES string of the molecule is Cl.O=C(c1ccc(-c2ccccc2)[nH]1)N1C[C@H]2CNC[C@H]2C1. The van der Waals surface area contributed by atoms with E-state index in [1.165, 1.54) is 0 Å². The second kappa shape index (κ2) is 6.15. The van der Waals surface area contributed by atoms with Gasteiger partial charge in [0.15, 0.2) is 0 Å². The summed E-state index contributed by atoms with van der Waals surface area (Å²) in [5.74, 6) is 1.40. The lowest BCUT2D eigenvalue weighted by atomic mass is 10.0. The van der Waals surface area contributed by atoms with Gasteiger partial charge in [-0.05, 0) is 29.5 Å². The Labute approximate surface area is 136 Å². The lowest BCUT2D eigenvalue weighted by Crippen LogP contribution is -2.32. The lowest BCUT2D eigenvalue weighted by molar-refractivity contribution is 0.0776. The number of aromatic amines is 1. The first-order chi connectivity index (χ1) is 10.3. The molecule has 22 heavy (non-hydrogen) atoms. The Morgan fingerprint density at radius 1 is 1.00 bits per heavy atom. The van der Waals surface area contributed by atoms with Crippen LogP contribution in [0.25, 0.3) is 11.3 Å². The molecule has 1 amide bonds. The predicted octanol–water partition coefficient (Wildman–Crippen LogP) is 2.39. The average Bonchev–Trinajstić information content (AvgIpc) is 3.22. The number of hydrogen-bond acceptors (Lipinski definition) is 2. The third-order valence-electron chi connectivity index (χ3n) is 4.68.